The number of aryl methyl sites for hydroxylation is 1. The molecule has 0 aliphatic carbocycles. The zero-order valence-corrected chi connectivity index (χ0v) is 10.3. The van der Waals surface area contributed by atoms with Gasteiger partial charge in [0.25, 0.3) is 0 Å². The molecule has 0 saturated carbocycles. The Hall–Kier alpha value is -1.56. The summed E-state index contributed by atoms with van der Waals surface area (Å²) in [7, 11) is 1.20. The molecule has 6 nitrogen and oxygen atoms in total. The van der Waals surface area contributed by atoms with Crippen LogP contribution >= 0.6 is 0 Å². The van der Waals surface area contributed by atoms with E-state index in [-0.39, 0.29) is 12.2 Å². The fourth-order valence-corrected chi connectivity index (χ4v) is 1.60. The van der Waals surface area contributed by atoms with Crippen molar-refractivity contribution in [1.29, 1.82) is 0 Å². The number of hydrogen-bond donors (Lipinski definition) is 1. The minimum atomic E-state index is -1.70. The van der Waals surface area contributed by atoms with E-state index in [2.05, 4.69) is 4.74 Å². The normalized spacial score (nSPS) is 14.4. The number of carbonyl (C=O) groups excluding carboxylic acids is 1. The van der Waals surface area contributed by atoms with Crippen LogP contribution in [0.2, 0.25) is 0 Å². The van der Waals surface area contributed by atoms with E-state index < -0.39 is 11.6 Å². The molecular formula is C11H18N2O4. The molecule has 0 aromatic carbocycles. The third kappa shape index (κ3) is 2.97. The second-order valence-corrected chi connectivity index (χ2v) is 4.17. The summed E-state index contributed by atoms with van der Waals surface area (Å²) in [5, 5.41) is 9.86. The van der Waals surface area contributed by atoms with E-state index in [9.17, 15) is 14.7 Å². The Morgan fingerprint density at radius 1 is 1.47 bits per heavy atom. The summed E-state index contributed by atoms with van der Waals surface area (Å²) in [6.07, 6.45) is 4.03. The number of aromatic nitrogens is 2. The Bertz CT molecular complexity index is 445. The molecule has 0 saturated heterocycles. The molecule has 17 heavy (non-hydrogen) atoms. The minimum Gasteiger partial charge on any atom is -0.467 e. The van der Waals surface area contributed by atoms with Gasteiger partial charge in [0.1, 0.15) is 0 Å². The molecule has 0 amide bonds. The van der Waals surface area contributed by atoms with Crippen LogP contribution in [0.25, 0.3) is 0 Å². The van der Waals surface area contributed by atoms with Gasteiger partial charge in [-0.2, -0.15) is 0 Å². The zero-order chi connectivity index (χ0) is 13.1. The topological polar surface area (TPSA) is 73.5 Å². The van der Waals surface area contributed by atoms with E-state index in [1.807, 2.05) is 6.92 Å². The van der Waals surface area contributed by atoms with E-state index in [0.717, 1.165) is 6.42 Å². The van der Waals surface area contributed by atoms with E-state index in [0.29, 0.717) is 6.54 Å². The maximum atomic E-state index is 11.8. The van der Waals surface area contributed by atoms with E-state index >= 15 is 0 Å². The molecule has 96 valence electrons. The molecule has 1 N–H and O–H groups in total. The number of methoxy groups -OCH3 is 1. The highest BCUT2D eigenvalue weighted by Gasteiger charge is 2.32. The maximum Gasteiger partial charge on any atom is 0.339 e. The summed E-state index contributed by atoms with van der Waals surface area (Å²) < 4.78 is 7.30. The molecule has 0 spiro atoms. The average molecular weight is 242 g/mol. The number of carbonyl (C=O) groups is 1. The molecule has 0 aliphatic heterocycles. The Kier molecular flexibility index (Phi) is 4.11. The SMILES string of the molecule is CCCn1ccn(CC(C)(O)C(=O)OC)c1=O. The van der Waals surface area contributed by atoms with Gasteiger partial charge in [-0.3, -0.25) is 9.13 Å². The van der Waals surface area contributed by atoms with E-state index in [1.54, 1.807) is 12.4 Å². The van der Waals surface area contributed by atoms with Crippen LogP contribution in [0.5, 0.6) is 0 Å². The molecule has 0 radical (unpaired) electrons. The first kappa shape index (κ1) is 13.5. The van der Waals surface area contributed by atoms with Crippen LogP contribution in [-0.2, 0) is 22.6 Å². The summed E-state index contributed by atoms with van der Waals surface area (Å²) in [5.74, 6) is -0.757. The second-order valence-electron chi connectivity index (χ2n) is 4.17. The van der Waals surface area contributed by atoms with Crippen molar-refractivity contribution in [2.24, 2.45) is 0 Å². The third-order valence-electron chi connectivity index (χ3n) is 2.49. The van der Waals surface area contributed by atoms with Gasteiger partial charge in [0.2, 0.25) is 0 Å². The molecule has 1 atom stereocenters. The molecule has 1 aromatic heterocycles. The van der Waals surface area contributed by atoms with Gasteiger partial charge in [0.15, 0.2) is 5.60 Å². The lowest BCUT2D eigenvalue weighted by Crippen LogP contribution is -2.43. The van der Waals surface area contributed by atoms with Crippen molar-refractivity contribution in [2.45, 2.75) is 39.0 Å². The van der Waals surface area contributed by atoms with Gasteiger partial charge >= 0.3 is 11.7 Å². The lowest BCUT2D eigenvalue weighted by atomic mass is 10.1. The van der Waals surface area contributed by atoms with Crippen LogP contribution < -0.4 is 5.69 Å². The van der Waals surface area contributed by atoms with Gasteiger partial charge in [-0.15, -0.1) is 0 Å². The van der Waals surface area contributed by atoms with Gasteiger partial charge < -0.3 is 9.84 Å². The van der Waals surface area contributed by atoms with Crippen LogP contribution in [0.4, 0.5) is 0 Å². The molecule has 6 heteroatoms. The molecule has 1 aromatic rings. The average Bonchev–Trinajstić information content (AvgIpc) is 2.60. The minimum absolute atomic E-state index is 0.116. The molecule has 0 fully saturated rings. The Morgan fingerprint density at radius 3 is 2.59 bits per heavy atom. The number of rotatable bonds is 5. The second kappa shape index (κ2) is 5.18. The van der Waals surface area contributed by atoms with Crippen molar-refractivity contribution in [3.8, 4) is 0 Å². The standard InChI is InChI=1S/C11H18N2O4/c1-4-5-12-6-7-13(10(12)15)8-11(2,16)9(14)17-3/h6-7,16H,4-5,8H2,1-3H3. The number of imidazole rings is 1. The summed E-state index contributed by atoms with van der Waals surface area (Å²) in [6.45, 7) is 3.79. The molecule has 1 heterocycles. The molecular weight excluding hydrogens is 224 g/mol. The van der Waals surface area contributed by atoms with Crippen molar-refractivity contribution in [2.75, 3.05) is 7.11 Å². The first-order chi connectivity index (χ1) is 7.92. The largest absolute Gasteiger partial charge is 0.467 e. The first-order valence-electron chi connectivity index (χ1n) is 5.48. The van der Waals surface area contributed by atoms with E-state index in [1.165, 1.54) is 23.2 Å². The predicted molar refractivity (Wildman–Crippen MR) is 61.6 cm³/mol. The molecule has 1 rings (SSSR count). The van der Waals surface area contributed by atoms with Crippen molar-refractivity contribution < 1.29 is 14.6 Å². The summed E-state index contributed by atoms with van der Waals surface area (Å²) in [6, 6.07) is 0. The van der Waals surface area contributed by atoms with Crippen molar-refractivity contribution >= 4 is 5.97 Å². The molecule has 0 aliphatic rings. The quantitative estimate of drug-likeness (QED) is 0.737. The van der Waals surface area contributed by atoms with Crippen molar-refractivity contribution in [1.82, 2.24) is 9.13 Å². The number of nitrogens with zero attached hydrogens (tertiary/aromatic N) is 2. The van der Waals surface area contributed by atoms with Crippen molar-refractivity contribution in [3.63, 3.8) is 0 Å². The Labute approximate surface area is 99.4 Å². The van der Waals surface area contributed by atoms with Crippen LogP contribution in [-0.4, -0.2) is 32.9 Å². The van der Waals surface area contributed by atoms with Gasteiger partial charge in [-0.05, 0) is 13.3 Å². The predicted octanol–water partition coefficient (Wildman–Crippen LogP) is -0.0162. The number of esters is 1. The fraction of sp³-hybridized carbons (Fsp3) is 0.636. The number of aliphatic hydroxyl groups is 1. The first-order valence-corrected chi connectivity index (χ1v) is 5.48. The highest BCUT2D eigenvalue weighted by molar-refractivity contribution is 5.78. The van der Waals surface area contributed by atoms with Gasteiger partial charge in [0, 0.05) is 18.9 Å². The van der Waals surface area contributed by atoms with Gasteiger partial charge in [0.05, 0.1) is 13.7 Å². The summed E-state index contributed by atoms with van der Waals surface area (Å²) >= 11 is 0. The summed E-state index contributed by atoms with van der Waals surface area (Å²) in [4.78, 5) is 23.1. The van der Waals surface area contributed by atoms with Crippen molar-refractivity contribution in [3.05, 3.63) is 22.9 Å². The van der Waals surface area contributed by atoms with Crippen LogP contribution in [0.3, 0.4) is 0 Å². The third-order valence-corrected chi connectivity index (χ3v) is 2.49. The monoisotopic (exact) mass is 242 g/mol. The smallest absolute Gasteiger partial charge is 0.339 e. The number of ether oxygens (including phenoxy) is 1. The van der Waals surface area contributed by atoms with Crippen LogP contribution in [0.15, 0.2) is 17.2 Å². The van der Waals surface area contributed by atoms with Gasteiger partial charge in [-0.25, -0.2) is 9.59 Å². The fourth-order valence-electron chi connectivity index (χ4n) is 1.60. The highest BCUT2D eigenvalue weighted by Crippen LogP contribution is 2.08. The lowest BCUT2D eigenvalue weighted by Gasteiger charge is -2.19. The summed E-state index contributed by atoms with van der Waals surface area (Å²) in [5.41, 5.74) is -1.94. The molecule has 0 bridgehead atoms. The van der Waals surface area contributed by atoms with Gasteiger partial charge in [-0.1, -0.05) is 6.92 Å². The highest BCUT2D eigenvalue weighted by atomic mass is 16.5. The lowest BCUT2D eigenvalue weighted by molar-refractivity contribution is -0.161. The van der Waals surface area contributed by atoms with Crippen LogP contribution in [0, 0.1) is 0 Å². The number of hydrogen-bond acceptors (Lipinski definition) is 4. The Balaban J connectivity index is 2.89. The zero-order valence-electron chi connectivity index (χ0n) is 10.3. The van der Waals surface area contributed by atoms with E-state index in [4.69, 9.17) is 0 Å². The maximum absolute atomic E-state index is 11.8. The molecule has 1 unspecified atom stereocenters. The van der Waals surface area contributed by atoms with Crippen LogP contribution in [0.1, 0.15) is 20.3 Å². The Morgan fingerprint density at radius 2 is 2.06 bits per heavy atom.